The van der Waals surface area contributed by atoms with Crippen molar-refractivity contribution in [2.24, 2.45) is 5.92 Å². The van der Waals surface area contributed by atoms with E-state index in [1.807, 2.05) is 48.5 Å². The molecule has 4 heterocycles. The van der Waals surface area contributed by atoms with Gasteiger partial charge in [0.1, 0.15) is 12.1 Å². The molecule has 4 aliphatic heterocycles. The third-order valence-corrected chi connectivity index (χ3v) is 9.08. The van der Waals surface area contributed by atoms with Gasteiger partial charge in [-0.1, -0.05) is 67.1 Å². The maximum atomic E-state index is 14.0. The van der Waals surface area contributed by atoms with Crippen molar-refractivity contribution in [1.29, 1.82) is 0 Å². The van der Waals surface area contributed by atoms with E-state index in [9.17, 15) is 9.90 Å². The first-order valence-corrected chi connectivity index (χ1v) is 13.6. The van der Waals surface area contributed by atoms with Gasteiger partial charge in [0.15, 0.2) is 6.10 Å². The van der Waals surface area contributed by atoms with E-state index in [-0.39, 0.29) is 12.1 Å². The van der Waals surface area contributed by atoms with E-state index in [2.05, 4.69) is 24.0 Å². The SMILES string of the molecule is C[C@@](C(=O)O[C@@H]1C[N+]2(CC[C@@H](O)c3ccccc3)CCC1CC2)(c1ccccc1)N1CCCCC1. The van der Waals surface area contributed by atoms with Crippen molar-refractivity contribution in [3.63, 3.8) is 0 Å². The van der Waals surface area contributed by atoms with Crippen LogP contribution in [0.1, 0.15) is 62.7 Å². The van der Waals surface area contributed by atoms with Crippen LogP contribution in [0.4, 0.5) is 0 Å². The summed E-state index contributed by atoms with van der Waals surface area (Å²) in [7, 11) is 0. The average Bonchev–Trinajstić information content (AvgIpc) is 2.93. The first-order valence-electron chi connectivity index (χ1n) is 13.6. The topological polar surface area (TPSA) is 49.8 Å². The number of likely N-dealkylation sites (tertiary alicyclic amines) is 1. The van der Waals surface area contributed by atoms with Crippen LogP contribution in [-0.4, -0.2) is 65.8 Å². The number of carbonyl (C=O) groups excluding carboxylic acids is 1. The summed E-state index contributed by atoms with van der Waals surface area (Å²) in [5.41, 5.74) is 1.27. The molecule has 2 aromatic carbocycles. The molecule has 35 heavy (non-hydrogen) atoms. The molecule has 0 radical (unpaired) electrons. The molecule has 0 saturated carbocycles. The van der Waals surface area contributed by atoms with Gasteiger partial charge in [-0.05, 0) is 44.0 Å². The summed E-state index contributed by atoms with van der Waals surface area (Å²) < 4.78 is 7.42. The summed E-state index contributed by atoms with van der Waals surface area (Å²) in [6.07, 6.45) is 5.96. The number of rotatable bonds is 8. The van der Waals surface area contributed by atoms with Crippen LogP contribution < -0.4 is 0 Å². The van der Waals surface area contributed by atoms with Crippen molar-refractivity contribution < 1.29 is 19.1 Å². The molecule has 0 spiro atoms. The smallest absolute Gasteiger partial charge is 0.331 e. The van der Waals surface area contributed by atoms with Crippen LogP contribution in [0.25, 0.3) is 0 Å². The minimum Gasteiger partial charge on any atom is -0.454 e. The summed E-state index contributed by atoms with van der Waals surface area (Å²) in [4.78, 5) is 16.3. The van der Waals surface area contributed by atoms with Crippen molar-refractivity contribution in [2.45, 2.75) is 63.2 Å². The number of aliphatic hydroxyl groups excluding tert-OH is 1. The van der Waals surface area contributed by atoms with Crippen LogP contribution in [0.3, 0.4) is 0 Å². The van der Waals surface area contributed by atoms with Crippen molar-refractivity contribution in [3.05, 3.63) is 71.8 Å². The highest BCUT2D eigenvalue weighted by molar-refractivity contribution is 5.82. The molecular formula is C30H41N2O3+. The zero-order valence-electron chi connectivity index (χ0n) is 21.1. The van der Waals surface area contributed by atoms with Gasteiger partial charge in [0.25, 0.3) is 0 Å². The standard InChI is InChI=1S/C30H41N2O3/c1-30(26-13-7-3-8-14-26,31-18-9-4-10-19-31)29(34)35-28-23-32(20-15-25(28)16-21-32)22-17-27(33)24-11-5-2-6-12-24/h2-3,5-8,11-14,25,27-28,33H,4,9-10,15-23H2,1H3/q+1/t25?,27-,28-,30+,32?/m1/s1. The van der Waals surface area contributed by atoms with E-state index in [1.54, 1.807) is 0 Å². The Kier molecular flexibility index (Phi) is 7.29. The molecule has 4 saturated heterocycles. The summed E-state index contributed by atoms with van der Waals surface area (Å²) in [6.45, 7) is 8.00. The van der Waals surface area contributed by atoms with Crippen LogP contribution in [0.15, 0.2) is 60.7 Å². The Morgan fingerprint density at radius 2 is 1.66 bits per heavy atom. The molecule has 3 atom stereocenters. The van der Waals surface area contributed by atoms with Gasteiger partial charge >= 0.3 is 5.97 Å². The lowest BCUT2D eigenvalue weighted by atomic mass is 9.82. The van der Waals surface area contributed by atoms with E-state index < -0.39 is 11.6 Å². The van der Waals surface area contributed by atoms with Crippen molar-refractivity contribution in [2.75, 3.05) is 39.3 Å². The Balaban J connectivity index is 1.29. The zero-order chi connectivity index (χ0) is 24.3. The Morgan fingerprint density at radius 3 is 2.31 bits per heavy atom. The number of benzene rings is 2. The molecule has 0 amide bonds. The van der Waals surface area contributed by atoms with Gasteiger partial charge in [-0.2, -0.15) is 0 Å². The second-order valence-corrected chi connectivity index (χ2v) is 11.2. The number of aliphatic hydroxyl groups is 1. The second-order valence-electron chi connectivity index (χ2n) is 11.2. The molecule has 4 aliphatic rings. The number of hydrogen-bond acceptors (Lipinski definition) is 4. The average molecular weight is 478 g/mol. The first-order chi connectivity index (χ1) is 17.0. The highest BCUT2D eigenvalue weighted by atomic mass is 16.5. The van der Waals surface area contributed by atoms with Crippen LogP contribution in [0.5, 0.6) is 0 Å². The van der Waals surface area contributed by atoms with E-state index in [0.29, 0.717) is 5.92 Å². The Hall–Kier alpha value is -2.21. The van der Waals surface area contributed by atoms with Gasteiger partial charge < -0.3 is 14.3 Å². The number of nitrogens with zero attached hydrogens (tertiary/aromatic N) is 2. The molecule has 188 valence electrons. The van der Waals surface area contributed by atoms with Gasteiger partial charge in [0.05, 0.1) is 25.7 Å². The summed E-state index contributed by atoms with van der Waals surface area (Å²) in [6, 6.07) is 20.2. The quantitative estimate of drug-likeness (QED) is 0.444. The molecular weight excluding hydrogens is 436 g/mol. The highest BCUT2D eigenvalue weighted by Gasteiger charge is 2.50. The summed E-state index contributed by atoms with van der Waals surface area (Å²) in [5.74, 6) is 0.367. The van der Waals surface area contributed by atoms with Crippen LogP contribution >= 0.6 is 0 Å². The molecule has 2 aromatic rings. The number of quaternary nitrogens is 1. The fourth-order valence-electron chi connectivity index (χ4n) is 6.69. The van der Waals surface area contributed by atoms with Gasteiger partial charge in [-0.25, -0.2) is 4.79 Å². The van der Waals surface area contributed by atoms with Gasteiger partial charge in [-0.15, -0.1) is 0 Å². The van der Waals surface area contributed by atoms with Crippen LogP contribution in [-0.2, 0) is 15.1 Å². The minimum atomic E-state index is -0.748. The largest absolute Gasteiger partial charge is 0.454 e. The van der Waals surface area contributed by atoms with E-state index in [1.165, 1.54) is 6.42 Å². The maximum absolute atomic E-state index is 14.0. The number of fused-ring (bicyclic) bond motifs is 3. The third-order valence-electron chi connectivity index (χ3n) is 9.08. The first kappa shape index (κ1) is 24.5. The lowest BCUT2D eigenvalue weighted by molar-refractivity contribution is -0.946. The zero-order valence-corrected chi connectivity index (χ0v) is 21.1. The lowest BCUT2D eigenvalue weighted by Crippen LogP contribution is -2.65. The van der Waals surface area contributed by atoms with Gasteiger partial charge in [0.2, 0.25) is 0 Å². The number of hydrogen-bond donors (Lipinski definition) is 1. The van der Waals surface area contributed by atoms with Gasteiger partial charge in [-0.3, -0.25) is 4.90 Å². The Bertz CT molecular complexity index is 968. The fourth-order valence-corrected chi connectivity index (χ4v) is 6.69. The van der Waals surface area contributed by atoms with E-state index in [0.717, 1.165) is 87.0 Å². The third kappa shape index (κ3) is 5.04. The normalized spacial score (nSPS) is 29.3. The molecule has 5 heteroatoms. The molecule has 5 nitrogen and oxygen atoms in total. The monoisotopic (exact) mass is 477 g/mol. The van der Waals surface area contributed by atoms with Crippen LogP contribution in [0, 0.1) is 5.92 Å². The molecule has 0 aliphatic carbocycles. The molecule has 0 aromatic heterocycles. The van der Waals surface area contributed by atoms with Gasteiger partial charge in [0, 0.05) is 25.2 Å². The molecule has 6 rings (SSSR count). The van der Waals surface area contributed by atoms with Crippen molar-refractivity contribution in [1.82, 2.24) is 4.90 Å². The number of ether oxygens (including phenoxy) is 1. The van der Waals surface area contributed by atoms with Crippen LogP contribution in [0.2, 0.25) is 0 Å². The molecule has 2 bridgehead atoms. The number of carbonyl (C=O) groups is 1. The lowest BCUT2D eigenvalue weighted by Gasteiger charge is -2.53. The van der Waals surface area contributed by atoms with Crippen molar-refractivity contribution in [3.8, 4) is 0 Å². The highest BCUT2D eigenvalue weighted by Crippen LogP contribution is 2.39. The number of piperidine rings is 4. The van der Waals surface area contributed by atoms with E-state index >= 15 is 0 Å². The fraction of sp³-hybridized carbons (Fsp3) is 0.567. The summed E-state index contributed by atoms with van der Waals surface area (Å²) >= 11 is 0. The Labute approximate surface area is 210 Å². The maximum Gasteiger partial charge on any atom is 0.331 e. The molecule has 1 N–H and O–H groups in total. The predicted octanol–water partition coefficient (Wildman–Crippen LogP) is 4.66. The molecule has 4 fully saturated rings. The minimum absolute atomic E-state index is 0.0355. The predicted molar refractivity (Wildman–Crippen MR) is 138 cm³/mol. The summed E-state index contributed by atoms with van der Waals surface area (Å²) in [5, 5.41) is 10.8. The van der Waals surface area contributed by atoms with Crippen molar-refractivity contribution >= 4 is 5.97 Å². The number of esters is 1. The molecule has 0 unspecified atom stereocenters. The van der Waals surface area contributed by atoms with E-state index in [4.69, 9.17) is 4.74 Å². The Morgan fingerprint density at radius 1 is 1.03 bits per heavy atom. The second kappa shape index (κ2) is 10.4.